The van der Waals surface area contributed by atoms with Crippen molar-refractivity contribution in [1.82, 2.24) is 10.6 Å². The lowest BCUT2D eigenvalue weighted by molar-refractivity contribution is -0.144. The van der Waals surface area contributed by atoms with Crippen molar-refractivity contribution in [1.29, 1.82) is 0 Å². The van der Waals surface area contributed by atoms with Gasteiger partial charge in [0.2, 0.25) is 5.91 Å². The molecule has 2 rings (SSSR count). The zero-order chi connectivity index (χ0) is 20.4. The topological polar surface area (TPSA) is 97.0 Å². The lowest BCUT2D eigenvalue weighted by Crippen LogP contribution is -2.49. The van der Waals surface area contributed by atoms with E-state index >= 15 is 0 Å². The van der Waals surface area contributed by atoms with Crippen molar-refractivity contribution in [3.05, 3.63) is 35.9 Å². The van der Waals surface area contributed by atoms with Crippen LogP contribution in [0.2, 0.25) is 0 Å². The molecule has 0 aromatic heterocycles. The van der Waals surface area contributed by atoms with Crippen LogP contribution in [0, 0.1) is 0 Å². The van der Waals surface area contributed by atoms with E-state index in [-0.39, 0.29) is 12.5 Å². The molecule has 0 radical (unpaired) electrons. The van der Waals surface area contributed by atoms with Crippen LogP contribution in [0.5, 0.6) is 0 Å². The average molecular weight is 409 g/mol. The maximum atomic E-state index is 12.5. The first-order valence-corrected chi connectivity index (χ1v) is 10.9. The molecular weight excluding hydrogens is 380 g/mol. The van der Waals surface area contributed by atoms with Gasteiger partial charge in [0.15, 0.2) is 12.2 Å². The van der Waals surface area contributed by atoms with E-state index in [9.17, 15) is 14.4 Å². The maximum absolute atomic E-state index is 12.5. The number of carbonyl (C=O) groups is 3. The van der Waals surface area contributed by atoms with Gasteiger partial charge in [0.05, 0.1) is 6.61 Å². The highest BCUT2D eigenvalue weighted by atomic mass is 32.2. The molecule has 7 nitrogen and oxygen atoms in total. The molecule has 8 heteroatoms. The Morgan fingerprint density at radius 1 is 1.21 bits per heavy atom. The molecule has 28 heavy (non-hydrogen) atoms. The standard InChI is InChI=1S/C20H28N2O5S/c1-3-26-20(25)17-16(27-17)19(24)22-15(11-13-28-2)18(23)21-12-7-10-14-8-5-4-6-9-14/h4-6,8-9,15-17H,3,7,10-13H2,1-2H3,(H,21,23)(H,22,24)/t15-,16-,17-/m0/s1. The second kappa shape index (κ2) is 11.7. The van der Waals surface area contributed by atoms with Gasteiger partial charge in [0.1, 0.15) is 6.04 Å². The van der Waals surface area contributed by atoms with Crippen molar-refractivity contribution in [2.45, 2.75) is 44.4 Å². The molecule has 1 aromatic carbocycles. The van der Waals surface area contributed by atoms with Gasteiger partial charge in [0, 0.05) is 6.54 Å². The predicted octanol–water partition coefficient (Wildman–Crippen LogP) is 1.30. The van der Waals surface area contributed by atoms with Crippen LogP contribution in [-0.2, 0) is 30.3 Å². The second-order valence-electron chi connectivity index (χ2n) is 6.45. The van der Waals surface area contributed by atoms with Gasteiger partial charge in [-0.2, -0.15) is 11.8 Å². The molecule has 0 bridgehead atoms. The summed E-state index contributed by atoms with van der Waals surface area (Å²) in [5.74, 6) is -0.490. The number of amides is 2. The normalized spacial score (nSPS) is 18.8. The van der Waals surface area contributed by atoms with Crippen molar-refractivity contribution in [3.63, 3.8) is 0 Å². The molecule has 1 aliphatic rings. The molecule has 2 amide bonds. The monoisotopic (exact) mass is 408 g/mol. The molecule has 3 atom stereocenters. The van der Waals surface area contributed by atoms with Crippen LogP contribution in [0.3, 0.4) is 0 Å². The highest BCUT2D eigenvalue weighted by Crippen LogP contribution is 2.23. The van der Waals surface area contributed by atoms with E-state index in [2.05, 4.69) is 22.8 Å². The van der Waals surface area contributed by atoms with Crippen LogP contribution in [0.1, 0.15) is 25.3 Å². The molecule has 0 saturated carbocycles. The quantitative estimate of drug-likeness (QED) is 0.307. The van der Waals surface area contributed by atoms with Crippen molar-refractivity contribution in [2.24, 2.45) is 0 Å². The number of hydrogen-bond donors (Lipinski definition) is 2. The number of thioether (sulfide) groups is 1. The van der Waals surface area contributed by atoms with E-state index in [1.807, 2.05) is 24.5 Å². The third-order valence-corrected chi connectivity index (χ3v) is 4.94. The van der Waals surface area contributed by atoms with Crippen LogP contribution in [0.4, 0.5) is 0 Å². The molecule has 1 fully saturated rings. The molecule has 1 saturated heterocycles. The molecule has 0 aliphatic carbocycles. The summed E-state index contributed by atoms with van der Waals surface area (Å²) in [4.78, 5) is 36.4. The summed E-state index contributed by atoms with van der Waals surface area (Å²) in [7, 11) is 0. The van der Waals surface area contributed by atoms with E-state index in [1.165, 1.54) is 5.56 Å². The fourth-order valence-electron chi connectivity index (χ4n) is 2.75. The Kier molecular flexibility index (Phi) is 9.30. The Hall–Kier alpha value is -2.06. The van der Waals surface area contributed by atoms with Crippen molar-refractivity contribution in [3.8, 4) is 0 Å². The fraction of sp³-hybridized carbons (Fsp3) is 0.550. The Morgan fingerprint density at radius 2 is 1.96 bits per heavy atom. The second-order valence-corrected chi connectivity index (χ2v) is 7.44. The molecule has 2 N–H and O–H groups in total. The van der Waals surface area contributed by atoms with E-state index < -0.39 is 30.1 Å². The van der Waals surface area contributed by atoms with Crippen molar-refractivity contribution in [2.75, 3.05) is 25.2 Å². The lowest BCUT2D eigenvalue weighted by atomic mass is 10.1. The van der Waals surface area contributed by atoms with Crippen LogP contribution < -0.4 is 10.6 Å². The first-order valence-electron chi connectivity index (χ1n) is 9.49. The van der Waals surface area contributed by atoms with Crippen LogP contribution >= 0.6 is 11.8 Å². The van der Waals surface area contributed by atoms with Gasteiger partial charge in [0.25, 0.3) is 5.91 Å². The predicted molar refractivity (Wildman–Crippen MR) is 108 cm³/mol. The summed E-state index contributed by atoms with van der Waals surface area (Å²) in [5.41, 5.74) is 1.22. The highest BCUT2D eigenvalue weighted by molar-refractivity contribution is 7.98. The molecule has 1 aliphatic heterocycles. The minimum absolute atomic E-state index is 0.219. The number of aryl methyl sites for hydroxylation is 1. The van der Waals surface area contributed by atoms with Gasteiger partial charge >= 0.3 is 5.97 Å². The van der Waals surface area contributed by atoms with Gasteiger partial charge < -0.3 is 20.1 Å². The van der Waals surface area contributed by atoms with Gasteiger partial charge in [-0.1, -0.05) is 30.3 Å². The molecule has 1 heterocycles. The Balaban J connectivity index is 1.77. The average Bonchev–Trinajstić information content (AvgIpc) is 3.50. The maximum Gasteiger partial charge on any atom is 0.338 e. The number of ether oxygens (including phenoxy) is 2. The largest absolute Gasteiger partial charge is 0.464 e. The van der Waals surface area contributed by atoms with Gasteiger partial charge in [-0.3, -0.25) is 9.59 Å². The Morgan fingerprint density at radius 3 is 2.64 bits per heavy atom. The molecule has 0 spiro atoms. The van der Waals surface area contributed by atoms with E-state index in [0.29, 0.717) is 13.0 Å². The zero-order valence-corrected chi connectivity index (χ0v) is 17.1. The fourth-order valence-corrected chi connectivity index (χ4v) is 3.22. The van der Waals surface area contributed by atoms with Gasteiger partial charge in [-0.25, -0.2) is 4.79 Å². The summed E-state index contributed by atoms with van der Waals surface area (Å²) < 4.78 is 9.94. The summed E-state index contributed by atoms with van der Waals surface area (Å²) in [6.45, 7) is 2.45. The molecule has 1 aromatic rings. The van der Waals surface area contributed by atoms with Crippen LogP contribution in [-0.4, -0.2) is 61.2 Å². The SMILES string of the molecule is CCOC(=O)[C@H]1O[C@@H]1C(=O)N[C@@H](CCSC)C(=O)NCCCc1ccccc1. The molecule has 0 unspecified atom stereocenters. The van der Waals surface area contributed by atoms with Crippen LogP contribution in [0.25, 0.3) is 0 Å². The summed E-state index contributed by atoms with van der Waals surface area (Å²) in [6, 6.07) is 9.42. The number of benzene rings is 1. The van der Waals surface area contributed by atoms with E-state index in [1.54, 1.807) is 18.7 Å². The third kappa shape index (κ3) is 7.16. The zero-order valence-electron chi connectivity index (χ0n) is 16.3. The number of carbonyl (C=O) groups excluding carboxylic acids is 3. The lowest BCUT2D eigenvalue weighted by Gasteiger charge is -2.17. The van der Waals surface area contributed by atoms with Crippen LogP contribution in [0.15, 0.2) is 30.3 Å². The number of epoxide rings is 1. The highest BCUT2D eigenvalue weighted by Gasteiger charge is 2.52. The van der Waals surface area contributed by atoms with Crippen molar-refractivity contribution < 1.29 is 23.9 Å². The number of esters is 1. The van der Waals surface area contributed by atoms with Gasteiger partial charge in [-0.05, 0) is 43.8 Å². The Bertz CT molecular complexity index is 655. The minimum Gasteiger partial charge on any atom is -0.464 e. The molecule has 154 valence electrons. The number of rotatable bonds is 12. The third-order valence-electron chi connectivity index (χ3n) is 4.30. The first kappa shape index (κ1) is 22.2. The summed E-state index contributed by atoms with van der Waals surface area (Å²) >= 11 is 1.60. The molecular formula is C20H28N2O5S. The number of hydrogen-bond acceptors (Lipinski definition) is 6. The smallest absolute Gasteiger partial charge is 0.338 e. The minimum atomic E-state index is -0.873. The van der Waals surface area contributed by atoms with E-state index in [4.69, 9.17) is 9.47 Å². The first-order chi connectivity index (χ1) is 13.6. The Labute approximate surface area is 169 Å². The van der Waals surface area contributed by atoms with E-state index in [0.717, 1.165) is 18.6 Å². The number of nitrogens with one attached hydrogen (secondary N) is 2. The summed E-state index contributed by atoms with van der Waals surface area (Å²) in [5, 5.41) is 5.59. The van der Waals surface area contributed by atoms with Gasteiger partial charge in [-0.15, -0.1) is 0 Å². The van der Waals surface area contributed by atoms with Crippen molar-refractivity contribution >= 4 is 29.5 Å². The summed E-state index contributed by atoms with van der Waals surface area (Å²) in [6.07, 6.45) is 2.40.